The van der Waals surface area contributed by atoms with Crippen LogP contribution in [0.15, 0.2) is 0 Å². The molecule has 0 unspecified atom stereocenters. The Morgan fingerprint density at radius 3 is 2.15 bits per heavy atom. The molecule has 0 spiro atoms. The molecule has 1 saturated heterocycles. The van der Waals surface area contributed by atoms with Crippen LogP contribution in [0.25, 0.3) is 0 Å². The minimum atomic E-state index is -0.455. The van der Waals surface area contributed by atoms with E-state index < -0.39 is 6.03 Å². The molecule has 1 aliphatic heterocycles. The van der Waals surface area contributed by atoms with Crippen molar-refractivity contribution in [1.29, 1.82) is 0 Å². The van der Waals surface area contributed by atoms with E-state index in [0.717, 1.165) is 0 Å². The maximum absolute atomic E-state index is 12.1. The number of rotatable bonds is 2. The molecular weight excluding hydrogens is 258 g/mol. The Hall–Kier alpha value is -1.14. The van der Waals surface area contributed by atoms with Crippen LogP contribution in [-0.4, -0.2) is 53.7 Å². The maximum Gasteiger partial charge on any atom is 0.321 e. The number of hydrogen-bond acceptors (Lipinski definition) is 4. The van der Waals surface area contributed by atoms with E-state index in [4.69, 9.17) is 4.74 Å². The minimum Gasteiger partial charge on any atom is -0.373 e. The van der Waals surface area contributed by atoms with E-state index in [-0.39, 0.29) is 29.7 Å². The van der Waals surface area contributed by atoms with Crippen LogP contribution in [0.2, 0.25) is 0 Å². The lowest BCUT2D eigenvalue weighted by Gasteiger charge is -2.38. The summed E-state index contributed by atoms with van der Waals surface area (Å²) in [6, 6.07) is -0.807. The first-order valence-electron chi connectivity index (χ1n) is 7.11. The van der Waals surface area contributed by atoms with E-state index in [9.17, 15) is 9.59 Å². The van der Waals surface area contributed by atoms with Gasteiger partial charge in [0.15, 0.2) is 0 Å². The van der Waals surface area contributed by atoms with Crippen molar-refractivity contribution >= 4 is 11.9 Å². The summed E-state index contributed by atoms with van der Waals surface area (Å²) in [7, 11) is 0. The van der Waals surface area contributed by atoms with Crippen LogP contribution in [0.5, 0.6) is 0 Å². The number of nitrogens with one attached hydrogen (secondary N) is 2. The number of nitrogens with zero attached hydrogens (tertiary/aromatic N) is 1. The summed E-state index contributed by atoms with van der Waals surface area (Å²) in [6.45, 7) is 12.8. The Labute approximate surface area is 121 Å². The van der Waals surface area contributed by atoms with E-state index in [1.54, 1.807) is 0 Å². The van der Waals surface area contributed by atoms with Crippen molar-refractivity contribution in [1.82, 2.24) is 15.5 Å². The summed E-state index contributed by atoms with van der Waals surface area (Å²) in [6.07, 6.45) is 0.190. The first kappa shape index (κ1) is 16.9. The summed E-state index contributed by atoms with van der Waals surface area (Å²) in [5, 5.41) is 5.10. The number of imide groups is 1. The number of carbonyl (C=O) groups is 2. The molecule has 2 N–H and O–H groups in total. The fourth-order valence-corrected chi connectivity index (χ4v) is 2.29. The zero-order valence-corrected chi connectivity index (χ0v) is 13.3. The molecule has 3 amide bonds. The predicted octanol–water partition coefficient (Wildman–Crippen LogP) is 1.11. The first-order valence-corrected chi connectivity index (χ1v) is 7.11. The molecule has 1 rings (SSSR count). The summed E-state index contributed by atoms with van der Waals surface area (Å²) in [5.41, 5.74) is -0.365. The molecule has 0 aromatic rings. The number of carbonyl (C=O) groups excluding carboxylic acids is 2. The van der Waals surface area contributed by atoms with Crippen molar-refractivity contribution in [2.75, 3.05) is 13.1 Å². The van der Waals surface area contributed by atoms with Gasteiger partial charge in [-0.05, 0) is 41.5 Å². The summed E-state index contributed by atoms with van der Waals surface area (Å²) < 4.78 is 5.64. The highest BCUT2D eigenvalue weighted by Gasteiger charge is 2.30. The number of urea groups is 1. The Bertz CT molecular complexity index is 355. The van der Waals surface area contributed by atoms with Crippen molar-refractivity contribution in [3.63, 3.8) is 0 Å². The van der Waals surface area contributed by atoms with Crippen LogP contribution in [0.1, 0.15) is 41.5 Å². The number of morpholine rings is 1. The maximum atomic E-state index is 12.1. The molecule has 0 aliphatic carbocycles. The molecule has 1 heterocycles. The van der Waals surface area contributed by atoms with Crippen LogP contribution in [0, 0.1) is 0 Å². The van der Waals surface area contributed by atoms with E-state index in [1.165, 1.54) is 0 Å². The fraction of sp³-hybridized carbons (Fsp3) is 0.857. The lowest BCUT2D eigenvalue weighted by Crippen LogP contribution is -2.56. The number of hydrogen-bond donors (Lipinski definition) is 2. The van der Waals surface area contributed by atoms with Gasteiger partial charge in [0.05, 0.1) is 18.2 Å². The third-order valence-electron chi connectivity index (χ3n) is 3.10. The molecule has 0 aromatic carbocycles. The van der Waals surface area contributed by atoms with Gasteiger partial charge in [0, 0.05) is 18.6 Å². The van der Waals surface area contributed by atoms with Crippen molar-refractivity contribution in [2.24, 2.45) is 0 Å². The van der Waals surface area contributed by atoms with Gasteiger partial charge in [-0.3, -0.25) is 15.0 Å². The largest absolute Gasteiger partial charge is 0.373 e. The number of ether oxygens (including phenoxy) is 1. The van der Waals surface area contributed by atoms with Crippen LogP contribution < -0.4 is 10.6 Å². The van der Waals surface area contributed by atoms with Gasteiger partial charge in [0.25, 0.3) is 0 Å². The molecule has 0 bridgehead atoms. The Kier molecular flexibility index (Phi) is 5.53. The Balaban J connectivity index is 2.52. The quantitative estimate of drug-likeness (QED) is 0.797. The van der Waals surface area contributed by atoms with Crippen LogP contribution in [-0.2, 0) is 9.53 Å². The van der Waals surface area contributed by atoms with Gasteiger partial charge < -0.3 is 10.1 Å². The lowest BCUT2D eigenvalue weighted by molar-refractivity contribution is -0.130. The molecule has 116 valence electrons. The van der Waals surface area contributed by atoms with Crippen molar-refractivity contribution < 1.29 is 14.3 Å². The molecular formula is C14H27N3O3. The average Bonchev–Trinajstić information content (AvgIpc) is 2.23. The zero-order valence-electron chi connectivity index (χ0n) is 13.3. The second-order valence-electron chi connectivity index (χ2n) is 6.58. The van der Waals surface area contributed by atoms with Crippen LogP contribution in [0.4, 0.5) is 4.79 Å². The topological polar surface area (TPSA) is 70.7 Å². The first-order chi connectivity index (χ1) is 9.08. The van der Waals surface area contributed by atoms with Crippen molar-refractivity contribution in [2.45, 2.75) is 65.3 Å². The normalized spacial score (nSPS) is 25.9. The second-order valence-corrected chi connectivity index (χ2v) is 6.58. The standard InChI is InChI=1S/C14H27N3O3/c1-9-7-17(8-10(2)20-9)11(3)12(18)15-13(19)16-14(4,5)6/h9-11H,7-8H2,1-6H3,(H2,15,16,18,19)/t9-,10+,11-/m0/s1. The minimum absolute atomic E-state index is 0.0948. The van der Waals surface area contributed by atoms with Gasteiger partial charge in [-0.25, -0.2) is 4.79 Å². The molecule has 0 radical (unpaired) electrons. The van der Waals surface area contributed by atoms with Gasteiger partial charge in [0.1, 0.15) is 0 Å². The molecule has 0 saturated carbocycles. The predicted molar refractivity (Wildman–Crippen MR) is 77.5 cm³/mol. The Morgan fingerprint density at radius 2 is 1.70 bits per heavy atom. The van der Waals surface area contributed by atoms with Gasteiger partial charge in [-0.2, -0.15) is 0 Å². The summed E-state index contributed by atoms with van der Waals surface area (Å²) in [5.74, 6) is -0.284. The van der Waals surface area contributed by atoms with Gasteiger partial charge in [0.2, 0.25) is 5.91 Å². The summed E-state index contributed by atoms with van der Waals surface area (Å²) in [4.78, 5) is 25.8. The highest BCUT2D eigenvalue weighted by molar-refractivity contribution is 5.97. The van der Waals surface area contributed by atoms with Crippen molar-refractivity contribution in [3.05, 3.63) is 0 Å². The van der Waals surface area contributed by atoms with Gasteiger partial charge in [-0.1, -0.05) is 0 Å². The van der Waals surface area contributed by atoms with E-state index in [1.807, 2.05) is 46.4 Å². The molecule has 1 fully saturated rings. The molecule has 3 atom stereocenters. The fourth-order valence-electron chi connectivity index (χ4n) is 2.29. The number of amides is 3. The van der Waals surface area contributed by atoms with Gasteiger partial charge >= 0.3 is 6.03 Å². The zero-order chi connectivity index (χ0) is 15.5. The Morgan fingerprint density at radius 1 is 1.20 bits per heavy atom. The third-order valence-corrected chi connectivity index (χ3v) is 3.10. The molecule has 20 heavy (non-hydrogen) atoms. The molecule has 0 aromatic heterocycles. The monoisotopic (exact) mass is 285 g/mol. The van der Waals surface area contributed by atoms with Crippen molar-refractivity contribution in [3.8, 4) is 0 Å². The second kappa shape index (κ2) is 6.54. The lowest BCUT2D eigenvalue weighted by atomic mass is 10.1. The van der Waals surface area contributed by atoms with Crippen LogP contribution in [0.3, 0.4) is 0 Å². The average molecular weight is 285 g/mol. The smallest absolute Gasteiger partial charge is 0.321 e. The molecule has 1 aliphatic rings. The van der Waals surface area contributed by atoms with Gasteiger partial charge in [-0.15, -0.1) is 0 Å². The molecule has 6 nitrogen and oxygen atoms in total. The summed E-state index contributed by atoms with van der Waals surface area (Å²) >= 11 is 0. The molecule has 6 heteroatoms. The third kappa shape index (κ3) is 5.46. The van der Waals surface area contributed by atoms with E-state index in [0.29, 0.717) is 13.1 Å². The highest BCUT2D eigenvalue weighted by atomic mass is 16.5. The van der Waals surface area contributed by atoms with Crippen LogP contribution >= 0.6 is 0 Å². The van der Waals surface area contributed by atoms with E-state index >= 15 is 0 Å². The SMILES string of the molecule is C[C@@H]1CN([C@@H](C)C(=O)NC(=O)NC(C)(C)C)C[C@H](C)O1. The highest BCUT2D eigenvalue weighted by Crippen LogP contribution is 2.13. The van der Waals surface area contributed by atoms with E-state index in [2.05, 4.69) is 10.6 Å².